The second-order valence-corrected chi connectivity index (χ2v) is 7.04. The molecule has 29 heavy (non-hydrogen) atoms. The molecule has 0 saturated carbocycles. The van der Waals surface area contributed by atoms with Crippen molar-refractivity contribution in [2.24, 2.45) is 0 Å². The van der Waals surface area contributed by atoms with E-state index in [0.29, 0.717) is 13.1 Å². The van der Waals surface area contributed by atoms with E-state index in [1.807, 2.05) is 60.7 Å². The van der Waals surface area contributed by atoms with E-state index in [9.17, 15) is 9.59 Å². The van der Waals surface area contributed by atoms with Crippen molar-refractivity contribution in [2.45, 2.75) is 0 Å². The van der Waals surface area contributed by atoms with Crippen LogP contribution < -0.4 is 15.5 Å². The SMILES string of the molecule is O=C(CNC(=O)N1CCN(c2ccccc2)CC1)Nc1cccc2ccccc12. The molecule has 3 amide bonds. The zero-order valence-corrected chi connectivity index (χ0v) is 16.2. The zero-order chi connectivity index (χ0) is 20.1. The molecule has 0 bridgehead atoms. The van der Waals surface area contributed by atoms with Crippen LogP contribution in [-0.2, 0) is 4.79 Å². The van der Waals surface area contributed by atoms with Crippen molar-refractivity contribution in [3.05, 3.63) is 72.8 Å². The lowest BCUT2D eigenvalue weighted by molar-refractivity contribution is -0.115. The van der Waals surface area contributed by atoms with Gasteiger partial charge in [-0.2, -0.15) is 0 Å². The fourth-order valence-corrected chi connectivity index (χ4v) is 3.60. The first-order valence-corrected chi connectivity index (χ1v) is 9.81. The summed E-state index contributed by atoms with van der Waals surface area (Å²) >= 11 is 0. The van der Waals surface area contributed by atoms with Crippen molar-refractivity contribution in [1.82, 2.24) is 10.2 Å². The molecule has 1 aliphatic heterocycles. The Morgan fingerprint density at radius 2 is 1.48 bits per heavy atom. The Bertz CT molecular complexity index is 993. The molecule has 4 rings (SSSR count). The van der Waals surface area contributed by atoms with Crippen LogP contribution in [-0.4, -0.2) is 49.6 Å². The quantitative estimate of drug-likeness (QED) is 0.721. The number of benzene rings is 3. The second-order valence-electron chi connectivity index (χ2n) is 7.04. The van der Waals surface area contributed by atoms with Crippen molar-refractivity contribution >= 4 is 34.1 Å². The Kier molecular flexibility index (Phi) is 5.61. The Labute approximate surface area is 170 Å². The van der Waals surface area contributed by atoms with Gasteiger partial charge in [0, 0.05) is 42.9 Å². The molecule has 0 unspecified atom stereocenters. The lowest BCUT2D eigenvalue weighted by Crippen LogP contribution is -2.52. The van der Waals surface area contributed by atoms with Crippen LogP contribution in [0.25, 0.3) is 10.8 Å². The third-order valence-corrected chi connectivity index (χ3v) is 5.15. The van der Waals surface area contributed by atoms with Gasteiger partial charge in [0.2, 0.25) is 5.91 Å². The van der Waals surface area contributed by atoms with E-state index in [1.165, 1.54) is 5.69 Å². The number of carbonyl (C=O) groups is 2. The summed E-state index contributed by atoms with van der Waals surface area (Å²) in [4.78, 5) is 28.8. The van der Waals surface area contributed by atoms with Crippen LogP contribution >= 0.6 is 0 Å². The van der Waals surface area contributed by atoms with Gasteiger partial charge in [-0.05, 0) is 23.6 Å². The summed E-state index contributed by atoms with van der Waals surface area (Å²) in [6.45, 7) is 2.76. The Morgan fingerprint density at radius 3 is 2.28 bits per heavy atom. The van der Waals surface area contributed by atoms with Crippen LogP contribution in [0.4, 0.5) is 16.2 Å². The summed E-state index contributed by atoms with van der Waals surface area (Å²) in [5.41, 5.74) is 1.92. The van der Waals surface area contributed by atoms with Crippen molar-refractivity contribution in [3.8, 4) is 0 Å². The molecule has 1 aliphatic rings. The van der Waals surface area contributed by atoms with E-state index >= 15 is 0 Å². The molecule has 0 aromatic heterocycles. The maximum atomic E-state index is 12.4. The monoisotopic (exact) mass is 388 g/mol. The molecule has 0 radical (unpaired) electrons. The molecule has 148 valence electrons. The average molecular weight is 388 g/mol. The lowest BCUT2D eigenvalue weighted by Gasteiger charge is -2.36. The highest BCUT2D eigenvalue weighted by Crippen LogP contribution is 2.22. The molecule has 2 N–H and O–H groups in total. The molecule has 0 aliphatic carbocycles. The van der Waals surface area contributed by atoms with E-state index < -0.39 is 0 Å². The molecule has 0 spiro atoms. The summed E-state index contributed by atoms with van der Waals surface area (Å²) < 4.78 is 0. The first-order valence-electron chi connectivity index (χ1n) is 9.81. The number of fused-ring (bicyclic) bond motifs is 1. The number of nitrogens with zero attached hydrogens (tertiary/aromatic N) is 2. The molecule has 1 fully saturated rings. The minimum Gasteiger partial charge on any atom is -0.368 e. The van der Waals surface area contributed by atoms with E-state index in [2.05, 4.69) is 27.7 Å². The highest BCUT2D eigenvalue weighted by molar-refractivity contribution is 6.03. The molecule has 1 heterocycles. The van der Waals surface area contributed by atoms with Gasteiger partial charge in [-0.1, -0.05) is 54.6 Å². The second kappa shape index (κ2) is 8.65. The minimum atomic E-state index is -0.238. The molecule has 3 aromatic rings. The summed E-state index contributed by atoms with van der Waals surface area (Å²) in [6, 6.07) is 23.6. The van der Waals surface area contributed by atoms with Crippen LogP contribution in [0.15, 0.2) is 72.8 Å². The number of nitrogens with one attached hydrogen (secondary N) is 2. The molecule has 6 nitrogen and oxygen atoms in total. The normalized spacial score (nSPS) is 13.9. The topological polar surface area (TPSA) is 64.7 Å². The number of anilines is 2. The molecule has 1 saturated heterocycles. The number of carbonyl (C=O) groups excluding carboxylic acids is 2. The first-order chi connectivity index (χ1) is 14.2. The fourth-order valence-electron chi connectivity index (χ4n) is 3.60. The van der Waals surface area contributed by atoms with Crippen molar-refractivity contribution < 1.29 is 9.59 Å². The summed E-state index contributed by atoms with van der Waals surface area (Å²) in [5, 5.41) is 7.66. The van der Waals surface area contributed by atoms with Gasteiger partial charge >= 0.3 is 6.03 Å². The van der Waals surface area contributed by atoms with Crippen molar-refractivity contribution in [3.63, 3.8) is 0 Å². The van der Waals surface area contributed by atoms with Gasteiger partial charge in [-0.15, -0.1) is 0 Å². The molecular weight excluding hydrogens is 364 g/mol. The minimum absolute atomic E-state index is 0.0546. The molecular formula is C23H24N4O2. The molecule has 6 heteroatoms. The number of urea groups is 1. The van der Waals surface area contributed by atoms with E-state index in [1.54, 1.807) is 4.90 Å². The predicted octanol–water partition coefficient (Wildman–Crippen LogP) is 3.31. The predicted molar refractivity (Wildman–Crippen MR) is 116 cm³/mol. The number of hydrogen-bond acceptors (Lipinski definition) is 3. The molecule has 3 aromatic carbocycles. The average Bonchev–Trinajstić information content (AvgIpc) is 2.78. The zero-order valence-electron chi connectivity index (χ0n) is 16.2. The van der Waals surface area contributed by atoms with Crippen LogP contribution in [0, 0.1) is 0 Å². The standard InChI is InChI=1S/C23H24N4O2/c28-22(25-21-12-6-8-18-7-4-5-11-20(18)21)17-24-23(29)27-15-13-26(14-16-27)19-9-2-1-3-10-19/h1-12H,13-17H2,(H,24,29)(H,25,28). The summed E-state index contributed by atoms with van der Waals surface area (Å²) in [5.74, 6) is -0.238. The van der Waals surface area contributed by atoms with Crippen molar-refractivity contribution in [2.75, 3.05) is 42.9 Å². The van der Waals surface area contributed by atoms with E-state index in [-0.39, 0.29) is 18.5 Å². The third kappa shape index (κ3) is 4.48. The summed E-state index contributed by atoms with van der Waals surface area (Å²) in [7, 11) is 0. The number of amides is 3. The van der Waals surface area contributed by atoms with Gasteiger partial charge in [0.05, 0.1) is 6.54 Å². The third-order valence-electron chi connectivity index (χ3n) is 5.15. The van der Waals surface area contributed by atoms with E-state index in [0.717, 1.165) is 29.5 Å². The van der Waals surface area contributed by atoms with Gasteiger partial charge in [0.25, 0.3) is 0 Å². The largest absolute Gasteiger partial charge is 0.368 e. The first kappa shape index (κ1) is 18.8. The molecule has 0 atom stereocenters. The van der Waals surface area contributed by atoms with Gasteiger partial charge in [-0.3, -0.25) is 4.79 Å². The van der Waals surface area contributed by atoms with Gasteiger partial charge in [0.15, 0.2) is 0 Å². The maximum Gasteiger partial charge on any atom is 0.317 e. The van der Waals surface area contributed by atoms with Gasteiger partial charge < -0.3 is 20.4 Å². The van der Waals surface area contributed by atoms with E-state index in [4.69, 9.17) is 0 Å². The Hall–Kier alpha value is -3.54. The number of piperazine rings is 1. The van der Waals surface area contributed by atoms with Crippen molar-refractivity contribution in [1.29, 1.82) is 0 Å². The Balaban J connectivity index is 1.27. The number of hydrogen-bond donors (Lipinski definition) is 2. The maximum absolute atomic E-state index is 12.4. The summed E-state index contributed by atoms with van der Waals surface area (Å²) in [6.07, 6.45) is 0. The number of para-hydroxylation sites is 1. The van der Waals surface area contributed by atoms with Crippen LogP contribution in [0.3, 0.4) is 0 Å². The van der Waals surface area contributed by atoms with Crippen LogP contribution in [0.1, 0.15) is 0 Å². The van der Waals surface area contributed by atoms with Gasteiger partial charge in [-0.25, -0.2) is 4.79 Å². The highest BCUT2D eigenvalue weighted by Gasteiger charge is 2.21. The van der Waals surface area contributed by atoms with Gasteiger partial charge in [0.1, 0.15) is 0 Å². The number of rotatable bonds is 4. The lowest BCUT2D eigenvalue weighted by atomic mass is 10.1. The fraction of sp³-hybridized carbons (Fsp3) is 0.217. The smallest absolute Gasteiger partial charge is 0.317 e. The van der Waals surface area contributed by atoms with Crippen LogP contribution in [0.5, 0.6) is 0 Å². The highest BCUT2D eigenvalue weighted by atomic mass is 16.2. The Morgan fingerprint density at radius 1 is 0.793 bits per heavy atom. The van der Waals surface area contributed by atoms with Crippen LogP contribution in [0.2, 0.25) is 0 Å².